The van der Waals surface area contributed by atoms with Crippen molar-refractivity contribution in [1.82, 2.24) is 0 Å². The summed E-state index contributed by atoms with van der Waals surface area (Å²) in [5, 5.41) is 9.67. The third kappa shape index (κ3) is 7.01. The molecule has 7 nitrogen and oxygen atoms in total. The van der Waals surface area contributed by atoms with Gasteiger partial charge in [-0.15, -0.1) is 0 Å². The summed E-state index contributed by atoms with van der Waals surface area (Å²) in [7, 11) is -8.79. The maximum absolute atomic E-state index is 14.1. The van der Waals surface area contributed by atoms with Gasteiger partial charge in [-0.25, -0.2) is 13.2 Å². The second-order valence-electron chi connectivity index (χ2n) is 7.07. The second kappa shape index (κ2) is 10.8. The van der Waals surface area contributed by atoms with Crippen LogP contribution in [0.25, 0.3) is 0 Å². The average Bonchev–Trinajstić information content (AvgIpc) is 2.75. The van der Waals surface area contributed by atoms with Crippen molar-refractivity contribution in [2.45, 2.75) is 48.3 Å². The van der Waals surface area contributed by atoms with E-state index in [1.165, 1.54) is 48.5 Å². The third-order valence-corrected chi connectivity index (χ3v) is 7.02. The van der Waals surface area contributed by atoms with Crippen LogP contribution in [-0.4, -0.2) is 59.8 Å². The number of hydrogen-bond acceptors (Lipinski definition) is 7. The van der Waals surface area contributed by atoms with Gasteiger partial charge in [0, 0.05) is 0 Å². The number of aliphatic hydroxyl groups excluding tert-OH is 1. The molecule has 0 saturated carbocycles. The Labute approximate surface area is 185 Å². The first-order valence-electron chi connectivity index (χ1n) is 9.36. The van der Waals surface area contributed by atoms with E-state index in [4.69, 9.17) is 0 Å². The molecular weight excluding hydrogens is 473 g/mol. The van der Waals surface area contributed by atoms with E-state index >= 15 is 0 Å². The summed E-state index contributed by atoms with van der Waals surface area (Å²) in [6, 6.07) is 10.8. The zero-order chi connectivity index (χ0) is 24.1. The number of aliphatic hydroxyl groups is 1. The maximum Gasteiger partial charge on any atom is 0.297 e. The smallest absolute Gasteiger partial charge is 0.297 e. The van der Waals surface area contributed by atoms with Crippen molar-refractivity contribution in [1.29, 1.82) is 0 Å². The van der Waals surface area contributed by atoms with Crippen LogP contribution < -0.4 is 0 Å². The van der Waals surface area contributed by atoms with Crippen molar-refractivity contribution in [3.05, 3.63) is 59.7 Å². The molecule has 0 bridgehead atoms. The fraction of sp³-hybridized carbons (Fsp3) is 0.400. The molecule has 32 heavy (non-hydrogen) atoms. The summed E-state index contributed by atoms with van der Waals surface area (Å²) in [6.07, 6.45) is -10.8. The fourth-order valence-electron chi connectivity index (χ4n) is 2.46. The molecule has 2 rings (SSSR count). The molecule has 0 spiro atoms. The SMILES string of the molecule is Cc1ccc(S(=O)(=O)OC[C@@H](F)[C@@H](O)[C@@H](F)[C@H](F)COS(=O)(=O)c2ccc(C)cc2)cc1. The molecule has 2 aromatic rings. The summed E-state index contributed by atoms with van der Waals surface area (Å²) in [5.41, 5.74) is 1.53. The summed E-state index contributed by atoms with van der Waals surface area (Å²) >= 11 is 0. The minimum atomic E-state index is -4.40. The molecule has 0 saturated heterocycles. The molecule has 0 fully saturated rings. The molecule has 0 aliphatic heterocycles. The maximum atomic E-state index is 14.1. The van der Waals surface area contributed by atoms with Crippen LogP contribution in [0.3, 0.4) is 0 Å². The van der Waals surface area contributed by atoms with Crippen molar-refractivity contribution in [2.24, 2.45) is 0 Å². The Morgan fingerprint density at radius 3 is 1.44 bits per heavy atom. The molecule has 0 aromatic heterocycles. The molecule has 0 aliphatic rings. The lowest BCUT2D eigenvalue weighted by Gasteiger charge is -2.22. The van der Waals surface area contributed by atoms with Crippen LogP contribution in [0.5, 0.6) is 0 Å². The predicted octanol–water partition coefficient (Wildman–Crippen LogP) is 2.79. The second-order valence-corrected chi connectivity index (χ2v) is 10.3. The highest BCUT2D eigenvalue weighted by atomic mass is 32.2. The molecule has 0 unspecified atom stereocenters. The summed E-state index contributed by atoms with van der Waals surface area (Å²) in [6.45, 7) is 0.847. The monoisotopic (exact) mass is 496 g/mol. The van der Waals surface area contributed by atoms with Gasteiger partial charge in [0.15, 0.2) is 18.5 Å². The molecule has 12 heteroatoms. The summed E-state index contributed by atoms with van der Waals surface area (Å²) < 4.78 is 99.2. The van der Waals surface area contributed by atoms with Crippen LogP contribution in [0, 0.1) is 13.8 Å². The molecule has 0 amide bonds. The van der Waals surface area contributed by atoms with Gasteiger partial charge < -0.3 is 5.11 Å². The summed E-state index contributed by atoms with van der Waals surface area (Å²) in [5.74, 6) is 0. The highest BCUT2D eigenvalue weighted by Gasteiger charge is 2.36. The Hall–Kier alpha value is -1.99. The van der Waals surface area contributed by atoms with E-state index in [1.54, 1.807) is 13.8 Å². The Bertz CT molecular complexity index is 1000. The van der Waals surface area contributed by atoms with Crippen molar-refractivity contribution in [2.75, 3.05) is 13.2 Å². The zero-order valence-corrected chi connectivity index (χ0v) is 18.8. The molecule has 1 N–H and O–H groups in total. The van der Waals surface area contributed by atoms with Crippen LogP contribution in [0.2, 0.25) is 0 Å². The summed E-state index contributed by atoms with van der Waals surface area (Å²) in [4.78, 5) is -0.566. The predicted molar refractivity (Wildman–Crippen MR) is 109 cm³/mol. The van der Waals surface area contributed by atoms with Crippen molar-refractivity contribution >= 4 is 20.2 Å². The molecule has 0 aliphatic carbocycles. The average molecular weight is 497 g/mol. The van der Waals surface area contributed by atoms with Crippen LogP contribution in [0.1, 0.15) is 11.1 Å². The number of alkyl halides is 3. The fourth-order valence-corrected chi connectivity index (χ4v) is 4.29. The van der Waals surface area contributed by atoms with Gasteiger partial charge in [-0.2, -0.15) is 16.8 Å². The number of aryl methyl sites for hydroxylation is 2. The first-order chi connectivity index (χ1) is 14.8. The van der Waals surface area contributed by atoms with Gasteiger partial charge in [0.2, 0.25) is 0 Å². The van der Waals surface area contributed by atoms with Gasteiger partial charge in [0.05, 0.1) is 9.79 Å². The van der Waals surface area contributed by atoms with E-state index in [-0.39, 0.29) is 9.79 Å². The van der Waals surface area contributed by atoms with Gasteiger partial charge in [0.1, 0.15) is 19.3 Å². The standard InChI is InChI=1S/C20H23F3O7S2/c1-13-3-7-15(8-4-13)31(25,26)29-11-17(21)19(23)20(24)18(22)12-30-32(27,28)16-9-5-14(2)6-10-16/h3-10,17-20,24H,11-12H2,1-2H3/t17-,18-,19+,20-/m1/s1. The molecular formula is C20H23F3O7S2. The lowest BCUT2D eigenvalue weighted by atomic mass is 10.1. The molecule has 0 heterocycles. The van der Waals surface area contributed by atoms with Gasteiger partial charge in [-0.1, -0.05) is 35.4 Å². The largest absolute Gasteiger partial charge is 0.387 e. The van der Waals surface area contributed by atoms with Crippen LogP contribution in [0.4, 0.5) is 13.2 Å². The Kier molecular flexibility index (Phi) is 8.82. The quantitative estimate of drug-likeness (QED) is 0.477. The first kappa shape index (κ1) is 26.3. The zero-order valence-electron chi connectivity index (χ0n) is 17.2. The van der Waals surface area contributed by atoms with Crippen LogP contribution in [-0.2, 0) is 28.6 Å². The van der Waals surface area contributed by atoms with Crippen molar-refractivity contribution in [3.63, 3.8) is 0 Å². The van der Waals surface area contributed by atoms with E-state index < -0.39 is 58.1 Å². The number of rotatable bonds is 11. The molecule has 2 aromatic carbocycles. The van der Waals surface area contributed by atoms with Crippen LogP contribution >= 0.6 is 0 Å². The van der Waals surface area contributed by atoms with E-state index in [1.807, 2.05) is 0 Å². The van der Waals surface area contributed by atoms with Gasteiger partial charge in [-0.3, -0.25) is 8.37 Å². The lowest BCUT2D eigenvalue weighted by molar-refractivity contribution is -0.0413. The Morgan fingerprint density at radius 2 is 1.06 bits per heavy atom. The van der Waals surface area contributed by atoms with Crippen molar-refractivity contribution in [3.8, 4) is 0 Å². The topological polar surface area (TPSA) is 107 Å². The van der Waals surface area contributed by atoms with Gasteiger partial charge in [-0.05, 0) is 38.1 Å². The molecule has 178 valence electrons. The number of benzene rings is 2. The number of hydrogen-bond donors (Lipinski definition) is 1. The number of halogens is 3. The minimum Gasteiger partial charge on any atom is -0.387 e. The Morgan fingerprint density at radius 1 is 0.719 bits per heavy atom. The van der Waals surface area contributed by atoms with Crippen molar-refractivity contribution < 1.29 is 43.5 Å². The van der Waals surface area contributed by atoms with E-state index in [9.17, 15) is 35.1 Å². The first-order valence-corrected chi connectivity index (χ1v) is 12.2. The minimum absolute atomic E-state index is 0.278. The lowest BCUT2D eigenvalue weighted by Crippen LogP contribution is -2.42. The molecule has 0 radical (unpaired) electrons. The third-order valence-electron chi connectivity index (χ3n) is 4.43. The van der Waals surface area contributed by atoms with E-state index in [0.717, 1.165) is 11.1 Å². The van der Waals surface area contributed by atoms with Gasteiger partial charge >= 0.3 is 0 Å². The highest BCUT2D eigenvalue weighted by Crippen LogP contribution is 2.20. The molecule has 4 atom stereocenters. The van der Waals surface area contributed by atoms with Gasteiger partial charge in [0.25, 0.3) is 20.2 Å². The Balaban J connectivity index is 1.91. The highest BCUT2D eigenvalue weighted by molar-refractivity contribution is 7.87. The van der Waals surface area contributed by atoms with Crippen LogP contribution in [0.15, 0.2) is 58.3 Å². The van der Waals surface area contributed by atoms with E-state index in [2.05, 4.69) is 8.37 Å². The van der Waals surface area contributed by atoms with E-state index in [0.29, 0.717) is 0 Å². The normalized spacial score (nSPS) is 16.3.